The number of methoxy groups -OCH3 is 1. The Morgan fingerprint density at radius 3 is 2.80 bits per heavy atom. The van der Waals surface area contributed by atoms with Gasteiger partial charge < -0.3 is 10.1 Å². The number of ether oxygens (including phenoxy) is 1. The van der Waals surface area contributed by atoms with Crippen molar-refractivity contribution in [1.82, 2.24) is 15.2 Å². The van der Waals surface area contributed by atoms with Gasteiger partial charge in [0.25, 0.3) is 5.91 Å². The van der Waals surface area contributed by atoms with Gasteiger partial charge >= 0.3 is 6.03 Å². The quantitative estimate of drug-likeness (QED) is 0.871. The Kier molecular flexibility index (Phi) is 3.67. The highest BCUT2D eigenvalue weighted by molar-refractivity contribution is 6.07. The van der Waals surface area contributed by atoms with Crippen molar-refractivity contribution in [3.63, 3.8) is 0 Å². The van der Waals surface area contributed by atoms with Crippen LogP contribution in [0.15, 0.2) is 42.6 Å². The van der Waals surface area contributed by atoms with Crippen molar-refractivity contribution in [2.75, 3.05) is 7.11 Å². The summed E-state index contributed by atoms with van der Waals surface area (Å²) in [5, 5.41) is 2.94. The van der Waals surface area contributed by atoms with Crippen LogP contribution < -0.4 is 10.1 Å². The van der Waals surface area contributed by atoms with Gasteiger partial charge in [-0.2, -0.15) is 0 Å². The number of fused-ring (bicyclic) bond motifs is 1. The largest absolute Gasteiger partial charge is 0.481 e. The number of hydrogen-bond donors (Lipinski definition) is 1. The fraction of sp³-hybridized carbons (Fsp3) is 0.316. The van der Waals surface area contributed by atoms with Crippen LogP contribution in [-0.4, -0.2) is 34.5 Å². The molecule has 0 radical (unpaired) electrons. The molecule has 0 saturated carbocycles. The van der Waals surface area contributed by atoms with E-state index in [0.717, 1.165) is 12.0 Å². The van der Waals surface area contributed by atoms with Crippen molar-refractivity contribution in [3.05, 3.63) is 59.3 Å². The second kappa shape index (κ2) is 5.88. The monoisotopic (exact) mass is 337 g/mol. The number of amides is 3. The van der Waals surface area contributed by atoms with E-state index in [9.17, 15) is 9.59 Å². The first kappa shape index (κ1) is 15.6. The number of carbonyl (C=O) groups excluding carboxylic acids is 2. The standard InChI is InChI=1S/C19H19N3O3/c1-25-16-15(7-4-10-20-16)12-22-17(23)19(21-18(22)24)9-8-13-5-2-3-6-14(13)11-19/h2-7,10H,8-9,11-12H2,1H3,(H,21,24)/t19-/m0/s1. The molecule has 2 aromatic rings. The molecule has 0 bridgehead atoms. The Balaban J connectivity index is 1.61. The number of nitrogens with zero attached hydrogens (tertiary/aromatic N) is 2. The van der Waals surface area contributed by atoms with Crippen LogP contribution in [0.3, 0.4) is 0 Å². The average Bonchev–Trinajstić information content (AvgIpc) is 2.86. The summed E-state index contributed by atoms with van der Waals surface area (Å²) >= 11 is 0. The van der Waals surface area contributed by atoms with E-state index in [1.165, 1.54) is 17.6 Å². The molecular formula is C19H19N3O3. The molecule has 4 rings (SSSR count). The molecule has 6 nitrogen and oxygen atoms in total. The molecule has 1 aliphatic heterocycles. The highest BCUT2D eigenvalue weighted by Crippen LogP contribution is 2.34. The summed E-state index contributed by atoms with van der Waals surface area (Å²) in [5.74, 6) is 0.260. The second-order valence-electron chi connectivity index (χ2n) is 6.52. The summed E-state index contributed by atoms with van der Waals surface area (Å²) in [4.78, 5) is 31.0. The first-order chi connectivity index (χ1) is 12.1. The number of aromatic nitrogens is 1. The number of pyridine rings is 1. The summed E-state index contributed by atoms with van der Waals surface area (Å²) in [6.45, 7) is 0.158. The number of aryl methyl sites for hydroxylation is 1. The number of nitrogens with one attached hydrogen (secondary N) is 1. The lowest BCUT2D eigenvalue weighted by Crippen LogP contribution is -2.51. The predicted octanol–water partition coefficient (Wildman–Crippen LogP) is 2.07. The second-order valence-corrected chi connectivity index (χ2v) is 6.52. The van der Waals surface area contributed by atoms with E-state index < -0.39 is 5.54 Å². The Morgan fingerprint density at radius 1 is 1.20 bits per heavy atom. The molecular weight excluding hydrogens is 318 g/mol. The molecule has 1 aliphatic carbocycles. The van der Waals surface area contributed by atoms with E-state index in [4.69, 9.17) is 4.74 Å². The predicted molar refractivity (Wildman–Crippen MR) is 91.1 cm³/mol. The van der Waals surface area contributed by atoms with Crippen LogP contribution in [0.1, 0.15) is 23.1 Å². The van der Waals surface area contributed by atoms with Gasteiger partial charge in [-0.05, 0) is 30.0 Å². The summed E-state index contributed by atoms with van der Waals surface area (Å²) in [5.41, 5.74) is 2.26. The highest BCUT2D eigenvalue weighted by Gasteiger charge is 2.52. The van der Waals surface area contributed by atoms with Gasteiger partial charge in [-0.3, -0.25) is 9.69 Å². The highest BCUT2D eigenvalue weighted by atomic mass is 16.5. The van der Waals surface area contributed by atoms with Gasteiger partial charge in [0, 0.05) is 18.2 Å². The maximum Gasteiger partial charge on any atom is 0.325 e. The van der Waals surface area contributed by atoms with Crippen LogP contribution in [0, 0.1) is 0 Å². The lowest BCUT2D eigenvalue weighted by atomic mass is 9.78. The van der Waals surface area contributed by atoms with E-state index in [0.29, 0.717) is 24.3 Å². The zero-order valence-electron chi connectivity index (χ0n) is 14.0. The van der Waals surface area contributed by atoms with Crippen molar-refractivity contribution in [2.45, 2.75) is 31.3 Å². The van der Waals surface area contributed by atoms with Crippen LogP contribution in [0.4, 0.5) is 4.79 Å². The van der Waals surface area contributed by atoms with Crippen LogP contribution in [0.2, 0.25) is 0 Å². The molecule has 3 amide bonds. The average molecular weight is 337 g/mol. The summed E-state index contributed by atoms with van der Waals surface area (Å²) in [7, 11) is 1.53. The molecule has 1 aromatic heterocycles. The smallest absolute Gasteiger partial charge is 0.325 e. The lowest BCUT2D eigenvalue weighted by Gasteiger charge is -2.32. The Labute approximate surface area is 145 Å². The molecule has 1 spiro atoms. The molecule has 25 heavy (non-hydrogen) atoms. The van der Waals surface area contributed by atoms with Crippen molar-refractivity contribution in [1.29, 1.82) is 0 Å². The summed E-state index contributed by atoms with van der Waals surface area (Å²) in [6, 6.07) is 11.3. The first-order valence-electron chi connectivity index (χ1n) is 8.32. The summed E-state index contributed by atoms with van der Waals surface area (Å²) < 4.78 is 5.23. The van der Waals surface area contributed by atoms with Crippen LogP contribution in [0.5, 0.6) is 5.88 Å². The number of benzene rings is 1. The molecule has 1 fully saturated rings. The van der Waals surface area contributed by atoms with Gasteiger partial charge in [-0.1, -0.05) is 30.3 Å². The summed E-state index contributed by atoms with van der Waals surface area (Å²) in [6.07, 6.45) is 3.56. The fourth-order valence-corrected chi connectivity index (χ4v) is 3.74. The van der Waals surface area contributed by atoms with E-state index in [1.54, 1.807) is 12.3 Å². The Bertz CT molecular complexity index is 851. The first-order valence-corrected chi connectivity index (χ1v) is 8.32. The number of urea groups is 1. The molecule has 0 unspecified atom stereocenters. The topological polar surface area (TPSA) is 71.5 Å². The maximum atomic E-state index is 13.1. The van der Waals surface area contributed by atoms with Gasteiger partial charge in [0.1, 0.15) is 5.54 Å². The number of carbonyl (C=O) groups is 2. The van der Waals surface area contributed by atoms with E-state index in [1.807, 2.05) is 24.3 Å². The number of imide groups is 1. The van der Waals surface area contributed by atoms with Crippen LogP contribution in [-0.2, 0) is 24.2 Å². The Morgan fingerprint density at radius 2 is 2.00 bits per heavy atom. The van der Waals surface area contributed by atoms with Gasteiger partial charge in [-0.25, -0.2) is 9.78 Å². The van der Waals surface area contributed by atoms with Crippen LogP contribution in [0.25, 0.3) is 0 Å². The number of rotatable bonds is 3. The molecule has 2 heterocycles. The minimum Gasteiger partial charge on any atom is -0.481 e. The third-order valence-corrected chi connectivity index (χ3v) is 5.05. The minimum absolute atomic E-state index is 0.158. The molecule has 1 atom stereocenters. The van der Waals surface area contributed by atoms with E-state index >= 15 is 0 Å². The maximum absolute atomic E-state index is 13.1. The van der Waals surface area contributed by atoms with Gasteiger partial charge in [0.15, 0.2) is 0 Å². The fourth-order valence-electron chi connectivity index (χ4n) is 3.74. The SMILES string of the molecule is COc1ncccc1CN1C(=O)N[C@]2(CCc3ccccc3C2)C1=O. The van der Waals surface area contributed by atoms with Crippen molar-refractivity contribution >= 4 is 11.9 Å². The third-order valence-electron chi connectivity index (χ3n) is 5.05. The third kappa shape index (κ3) is 2.54. The molecule has 6 heteroatoms. The zero-order chi connectivity index (χ0) is 17.4. The van der Waals surface area contributed by atoms with Crippen molar-refractivity contribution < 1.29 is 14.3 Å². The zero-order valence-corrected chi connectivity index (χ0v) is 14.0. The lowest BCUT2D eigenvalue weighted by molar-refractivity contribution is -0.132. The van der Waals surface area contributed by atoms with Crippen molar-refractivity contribution in [3.8, 4) is 5.88 Å². The Hall–Kier alpha value is -2.89. The molecule has 1 saturated heterocycles. The normalized spacial score (nSPS) is 22.0. The molecule has 128 valence electrons. The van der Waals surface area contributed by atoms with Crippen LogP contribution >= 0.6 is 0 Å². The van der Waals surface area contributed by atoms with Gasteiger partial charge in [0.2, 0.25) is 5.88 Å². The van der Waals surface area contributed by atoms with Crippen molar-refractivity contribution in [2.24, 2.45) is 0 Å². The minimum atomic E-state index is -0.832. The van der Waals surface area contributed by atoms with E-state index in [2.05, 4.69) is 16.4 Å². The molecule has 2 aliphatic rings. The van der Waals surface area contributed by atoms with Gasteiger partial charge in [-0.15, -0.1) is 0 Å². The molecule has 1 N–H and O–H groups in total. The van der Waals surface area contributed by atoms with Gasteiger partial charge in [0.05, 0.1) is 13.7 Å². The van der Waals surface area contributed by atoms with E-state index in [-0.39, 0.29) is 18.5 Å². The molecule has 1 aromatic carbocycles. The number of hydrogen-bond acceptors (Lipinski definition) is 4.